The highest BCUT2D eigenvalue weighted by Crippen LogP contribution is 2.40. The molecule has 1 N–H and O–H groups in total. The number of nitrogens with zero attached hydrogens (tertiary/aromatic N) is 3. The Hall–Kier alpha value is -2.75. The molecule has 1 fully saturated rings. The fraction of sp³-hybridized carbons (Fsp3) is 0.444. The largest absolute Gasteiger partial charge is 0.490 e. The first-order valence-electron chi connectivity index (χ1n) is 8.56. The molecule has 0 radical (unpaired) electrons. The molecule has 1 aliphatic rings. The van der Waals surface area contributed by atoms with Crippen molar-refractivity contribution < 1.29 is 27.4 Å². The lowest BCUT2D eigenvalue weighted by atomic mass is 10.2. The van der Waals surface area contributed by atoms with Crippen LogP contribution in [0.15, 0.2) is 24.5 Å². The van der Waals surface area contributed by atoms with Crippen molar-refractivity contribution in [3.8, 4) is 5.75 Å². The Labute approximate surface area is 159 Å². The summed E-state index contributed by atoms with van der Waals surface area (Å²) in [6, 6.07) is 2.01. The molecule has 0 aliphatic heterocycles. The number of hydrogen-bond acceptors (Lipinski definition) is 6. The molecule has 10 heteroatoms. The molecule has 1 aliphatic carbocycles. The molecule has 1 amide bonds. The fourth-order valence-electron chi connectivity index (χ4n) is 2.67. The number of aryl methyl sites for hydroxylation is 1. The summed E-state index contributed by atoms with van der Waals surface area (Å²) in [6.07, 6.45) is -1.58. The van der Waals surface area contributed by atoms with E-state index < -0.39 is 11.7 Å². The molecule has 2 aromatic heterocycles. The van der Waals surface area contributed by atoms with Crippen LogP contribution in [0.1, 0.15) is 23.5 Å². The predicted octanol–water partition coefficient (Wildman–Crippen LogP) is 3.00. The van der Waals surface area contributed by atoms with Gasteiger partial charge >= 0.3 is 6.18 Å². The molecule has 7 nitrogen and oxygen atoms in total. The van der Waals surface area contributed by atoms with E-state index in [1.807, 2.05) is 0 Å². The molecule has 0 bridgehead atoms. The van der Waals surface area contributed by atoms with E-state index in [0.29, 0.717) is 36.5 Å². The summed E-state index contributed by atoms with van der Waals surface area (Å²) in [6.45, 7) is 2.36. The molecule has 2 atom stereocenters. The minimum atomic E-state index is -4.46. The van der Waals surface area contributed by atoms with Crippen molar-refractivity contribution in [2.45, 2.75) is 26.1 Å². The zero-order valence-corrected chi connectivity index (χ0v) is 15.3. The third kappa shape index (κ3) is 4.94. The summed E-state index contributed by atoms with van der Waals surface area (Å²) >= 11 is 0. The van der Waals surface area contributed by atoms with E-state index in [2.05, 4.69) is 20.3 Å². The molecule has 150 valence electrons. The van der Waals surface area contributed by atoms with Gasteiger partial charge in [-0.05, 0) is 25.5 Å². The maximum atomic E-state index is 12.5. The van der Waals surface area contributed by atoms with Gasteiger partial charge in [0.05, 0.1) is 25.0 Å². The number of carbonyl (C=O) groups is 1. The van der Waals surface area contributed by atoms with Gasteiger partial charge < -0.3 is 14.8 Å². The van der Waals surface area contributed by atoms with Crippen LogP contribution in [0.3, 0.4) is 0 Å². The molecule has 2 aromatic rings. The maximum Gasteiger partial charge on any atom is 0.417 e. The van der Waals surface area contributed by atoms with Crippen LogP contribution in [0.4, 0.5) is 19.0 Å². The highest BCUT2D eigenvalue weighted by atomic mass is 19.4. The number of alkyl halides is 3. The number of halogens is 3. The first kappa shape index (κ1) is 20.0. The summed E-state index contributed by atoms with van der Waals surface area (Å²) in [5.74, 6) is 0.625. The SMILES string of the molecule is COCc1nc(C)ncc1OC[C@H]1C[C@H]1C(=O)Nc1ccc(C(F)(F)F)cn1. The summed E-state index contributed by atoms with van der Waals surface area (Å²) in [4.78, 5) is 24.2. The van der Waals surface area contributed by atoms with Crippen molar-refractivity contribution in [2.75, 3.05) is 19.0 Å². The smallest absolute Gasteiger partial charge is 0.417 e. The van der Waals surface area contributed by atoms with Gasteiger partial charge in [-0.1, -0.05) is 0 Å². The van der Waals surface area contributed by atoms with Gasteiger partial charge in [0.25, 0.3) is 0 Å². The van der Waals surface area contributed by atoms with Crippen LogP contribution in [-0.4, -0.2) is 34.6 Å². The Balaban J connectivity index is 1.51. The third-order valence-corrected chi connectivity index (χ3v) is 4.29. The first-order valence-corrected chi connectivity index (χ1v) is 8.56. The number of amides is 1. The molecule has 2 heterocycles. The van der Waals surface area contributed by atoms with E-state index in [9.17, 15) is 18.0 Å². The molecule has 0 saturated heterocycles. The minimum absolute atomic E-state index is 0.00569. The van der Waals surface area contributed by atoms with Gasteiger partial charge in [-0.2, -0.15) is 13.2 Å². The van der Waals surface area contributed by atoms with Gasteiger partial charge in [0.1, 0.15) is 17.3 Å². The van der Waals surface area contributed by atoms with Crippen molar-refractivity contribution in [1.82, 2.24) is 15.0 Å². The van der Waals surface area contributed by atoms with Crippen molar-refractivity contribution in [3.63, 3.8) is 0 Å². The summed E-state index contributed by atoms with van der Waals surface area (Å²) in [5.41, 5.74) is -0.235. The van der Waals surface area contributed by atoms with Gasteiger partial charge in [0.2, 0.25) is 5.91 Å². The van der Waals surface area contributed by atoms with Gasteiger partial charge in [-0.15, -0.1) is 0 Å². The number of carbonyl (C=O) groups excluding carboxylic acids is 1. The number of nitrogens with one attached hydrogen (secondary N) is 1. The van der Waals surface area contributed by atoms with E-state index in [1.54, 1.807) is 20.2 Å². The molecule has 0 spiro atoms. The van der Waals surface area contributed by atoms with Crippen molar-refractivity contribution in [2.24, 2.45) is 11.8 Å². The van der Waals surface area contributed by atoms with E-state index in [4.69, 9.17) is 9.47 Å². The molecule has 0 unspecified atom stereocenters. The van der Waals surface area contributed by atoms with Crippen LogP contribution < -0.4 is 10.1 Å². The van der Waals surface area contributed by atoms with Crippen molar-refractivity contribution in [3.05, 3.63) is 41.6 Å². The van der Waals surface area contributed by atoms with Gasteiger partial charge in [-0.3, -0.25) is 4.79 Å². The number of anilines is 1. The second kappa shape index (κ2) is 8.09. The zero-order chi connectivity index (χ0) is 20.3. The number of rotatable bonds is 7. The Bertz CT molecular complexity index is 843. The molecule has 3 rings (SSSR count). The lowest BCUT2D eigenvalue weighted by molar-refractivity contribution is -0.137. The van der Waals surface area contributed by atoms with Gasteiger partial charge in [-0.25, -0.2) is 15.0 Å². The predicted molar refractivity (Wildman–Crippen MR) is 92.4 cm³/mol. The van der Waals surface area contributed by atoms with Crippen LogP contribution in [0.5, 0.6) is 5.75 Å². The van der Waals surface area contributed by atoms with E-state index in [1.165, 1.54) is 0 Å². The monoisotopic (exact) mass is 396 g/mol. The number of ether oxygens (including phenoxy) is 2. The Morgan fingerprint density at radius 3 is 2.71 bits per heavy atom. The Kier molecular flexibility index (Phi) is 5.78. The quantitative estimate of drug-likeness (QED) is 0.774. The third-order valence-electron chi connectivity index (χ3n) is 4.29. The van der Waals surface area contributed by atoms with Crippen molar-refractivity contribution in [1.29, 1.82) is 0 Å². The average Bonchev–Trinajstić information content (AvgIpc) is 3.41. The number of pyridine rings is 1. The second-order valence-electron chi connectivity index (χ2n) is 6.49. The van der Waals surface area contributed by atoms with Gasteiger partial charge in [0.15, 0.2) is 5.75 Å². The van der Waals surface area contributed by atoms with E-state index in [-0.39, 0.29) is 30.2 Å². The minimum Gasteiger partial charge on any atom is -0.490 e. The average molecular weight is 396 g/mol. The lowest BCUT2D eigenvalue weighted by Crippen LogP contribution is -2.17. The zero-order valence-electron chi connectivity index (χ0n) is 15.3. The second-order valence-corrected chi connectivity index (χ2v) is 6.49. The molecule has 0 aromatic carbocycles. The topological polar surface area (TPSA) is 86.2 Å². The van der Waals surface area contributed by atoms with Crippen LogP contribution >= 0.6 is 0 Å². The Morgan fingerprint density at radius 1 is 1.29 bits per heavy atom. The fourth-order valence-corrected chi connectivity index (χ4v) is 2.67. The van der Waals surface area contributed by atoms with E-state index in [0.717, 1.165) is 12.1 Å². The van der Waals surface area contributed by atoms with Crippen LogP contribution in [0.25, 0.3) is 0 Å². The highest BCUT2D eigenvalue weighted by molar-refractivity contribution is 5.93. The number of methoxy groups -OCH3 is 1. The van der Waals surface area contributed by atoms with Gasteiger partial charge in [0, 0.05) is 25.1 Å². The van der Waals surface area contributed by atoms with Crippen LogP contribution in [-0.2, 0) is 22.3 Å². The van der Waals surface area contributed by atoms with Crippen LogP contribution in [0, 0.1) is 18.8 Å². The molecular weight excluding hydrogens is 377 g/mol. The molecular formula is C18H19F3N4O3. The summed E-state index contributed by atoms with van der Waals surface area (Å²) < 4.78 is 48.4. The standard InChI is InChI=1S/C18H19F3N4O3/c1-10-22-7-15(14(24-10)9-27-2)28-8-11-5-13(11)17(26)25-16-4-3-12(6-23-16)18(19,20)21/h3-4,6-7,11,13H,5,8-9H2,1-2H3,(H,23,25,26)/t11-,13-/m1/s1. The highest BCUT2D eigenvalue weighted by Gasteiger charge is 2.43. The summed E-state index contributed by atoms with van der Waals surface area (Å²) in [5, 5.41) is 2.53. The molecule has 1 saturated carbocycles. The lowest BCUT2D eigenvalue weighted by Gasteiger charge is -2.10. The normalized spacial score (nSPS) is 18.6. The first-order chi connectivity index (χ1) is 13.3. The van der Waals surface area contributed by atoms with Crippen LogP contribution in [0.2, 0.25) is 0 Å². The maximum absolute atomic E-state index is 12.5. The number of hydrogen-bond donors (Lipinski definition) is 1. The Morgan fingerprint density at radius 2 is 2.07 bits per heavy atom. The van der Waals surface area contributed by atoms with E-state index >= 15 is 0 Å². The van der Waals surface area contributed by atoms with Crippen molar-refractivity contribution >= 4 is 11.7 Å². The number of aromatic nitrogens is 3. The summed E-state index contributed by atoms with van der Waals surface area (Å²) in [7, 11) is 1.55. The molecule has 28 heavy (non-hydrogen) atoms.